The molecule has 0 aromatic heterocycles. The summed E-state index contributed by atoms with van der Waals surface area (Å²) >= 11 is 0. The van der Waals surface area contributed by atoms with Crippen LogP contribution < -0.4 is 4.74 Å². The average molecular weight is 391 g/mol. The molecule has 2 aromatic carbocycles. The van der Waals surface area contributed by atoms with E-state index in [0.29, 0.717) is 6.61 Å². The lowest BCUT2D eigenvalue weighted by molar-refractivity contribution is 0.303. The first-order valence-corrected chi connectivity index (χ1v) is 10.7. The Labute approximate surface area is 178 Å². The first kappa shape index (κ1) is 23.0. The number of hydrogen-bond acceptors (Lipinski definition) is 1. The Morgan fingerprint density at radius 1 is 0.862 bits per heavy atom. The molecule has 0 saturated carbocycles. The predicted octanol–water partition coefficient (Wildman–Crippen LogP) is 8.02. The topological polar surface area (TPSA) is 9.23 Å². The summed E-state index contributed by atoms with van der Waals surface area (Å²) in [7, 11) is 0. The van der Waals surface area contributed by atoms with E-state index < -0.39 is 0 Å². The van der Waals surface area contributed by atoms with E-state index in [1.54, 1.807) is 0 Å². The molecule has 0 heterocycles. The SMILES string of the molecule is C=CCCCOc1cc(C(C)(C)C)c(-c2cccc(CC=C)c2)cc1C(C)(C)C. The van der Waals surface area contributed by atoms with Crippen LogP contribution in [0.15, 0.2) is 61.7 Å². The number of rotatable bonds is 8. The summed E-state index contributed by atoms with van der Waals surface area (Å²) in [6.07, 6.45) is 6.77. The molecule has 2 rings (SSSR count). The fourth-order valence-electron chi connectivity index (χ4n) is 3.59. The highest BCUT2D eigenvalue weighted by molar-refractivity contribution is 5.72. The van der Waals surface area contributed by atoms with E-state index in [4.69, 9.17) is 4.74 Å². The van der Waals surface area contributed by atoms with Gasteiger partial charge in [0, 0.05) is 5.56 Å². The van der Waals surface area contributed by atoms with Crippen LogP contribution in [0.4, 0.5) is 0 Å². The monoisotopic (exact) mass is 390 g/mol. The third-order valence-corrected chi connectivity index (χ3v) is 5.16. The molecule has 0 fully saturated rings. The van der Waals surface area contributed by atoms with Gasteiger partial charge < -0.3 is 4.74 Å². The first-order chi connectivity index (χ1) is 13.6. The first-order valence-electron chi connectivity index (χ1n) is 10.7. The number of allylic oxidation sites excluding steroid dienone is 2. The zero-order valence-corrected chi connectivity index (χ0v) is 19.3. The molecule has 156 valence electrons. The van der Waals surface area contributed by atoms with Crippen LogP contribution in [0, 0.1) is 0 Å². The average Bonchev–Trinajstić information content (AvgIpc) is 2.63. The number of benzene rings is 2. The van der Waals surface area contributed by atoms with E-state index in [2.05, 4.69) is 91.1 Å². The summed E-state index contributed by atoms with van der Waals surface area (Å²) in [6, 6.07) is 13.5. The van der Waals surface area contributed by atoms with Gasteiger partial charge in [0.1, 0.15) is 5.75 Å². The molecule has 29 heavy (non-hydrogen) atoms. The largest absolute Gasteiger partial charge is 0.493 e. The van der Waals surface area contributed by atoms with Crippen LogP contribution in [0.3, 0.4) is 0 Å². The van der Waals surface area contributed by atoms with Crippen molar-refractivity contribution < 1.29 is 4.74 Å². The lowest BCUT2D eigenvalue weighted by Gasteiger charge is -2.30. The molecule has 0 saturated heterocycles. The highest BCUT2D eigenvalue weighted by Crippen LogP contribution is 2.42. The van der Waals surface area contributed by atoms with E-state index >= 15 is 0 Å². The molecule has 0 unspecified atom stereocenters. The van der Waals surface area contributed by atoms with Gasteiger partial charge in [-0.2, -0.15) is 0 Å². The van der Waals surface area contributed by atoms with Gasteiger partial charge in [-0.1, -0.05) is 78.0 Å². The van der Waals surface area contributed by atoms with E-state index in [1.807, 2.05) is 12.2 Å². The van der Waals surface area contributed by atoms with Gasteiger partial charge in [-0.3, -0.25) is 0 Å². The van der Waals surface area contributed by atoms with Gasteiger partial charge in [0.05, 0.1) is 6.61 Å². The maximum Gasteiger partial charge on any atom is 0.123 e. The van der Waals surface area contributed by atoms with Gasteiger partial charge in [-0.15, -0.1) is 13.2 Å². The van der Waals surface area contributed by atoms with Gasteiger partial charge in [-0.25, -0.2) is 0 Å². The van der Waals surface area contributed by atoms with Gasteiger partial charge in [0.15, 0.2) is 0 Å². The van der Waals surface area contributed by atoms with Crippen LogP contribution in [-0.4, -0.2) is 6.61 Å². The second-order valence-electron chi connectivity index (χ2n) is 9.87. The van der Waals surface area contributed by atoms with Gasteiger partial charge in [0.25, 0.3) is 0 Å². The molecule has 1 heteroatoms. The minimum absolute atomic E-state index is 0.00232. The molecule has 0 radical (unpaired) electrons. The quantitative estimate of drug-likeness (QED) is 0.327. The maximum absolute atomic E-state index is 6.29. The molecular formula is C28H38O. The molecule has 0 atom stereocenters. The van der Waals surface area contributed by atoms with Crippen molar-refractivity contribution in [3.63, 3.8) is 0 Å². The summed E-state index contributed by atoms with van der Waals surface area (Å²) in [6.45, 7) is 22.0. The van der Waals surface area contributed by atoms with E-state index in [-0.39, 0.29) is 10.8 Å². The van der Waals surface area contributed by atoms with E-state index in [9.17, 15) is 0 Å². The third-order valence-electron chi connectivity index (χ3n) is 5.16. The highest BCUT2D eigenvalue weighted by atomic mass is 16.5. The van der Waals surface area contributed by atoms with E-state index in [1.165, 1.54) is 27.8 Å². The molecule has 0 N–H and O–H groups in total. The van der Waals surface area contributed by atoms with Gasteiger partial charge in [0.2, 0.25) is 0 Å². The minimum atomic E-state index is -0.00232. The molecule has 2 aromatic rings. The summed E-state index contributed by atoms with van der Waals surface area (Å²) in [4.78, 5) is 0. The second kappa shape index (κ2) is 9.48. The normalized spacial score (nSPS) is 11.9. The molecule has 1 nitrogen and oxygen atoms in total. The van der Waals surface area contributed by atoms with Crippen molar-refractivity contribution in [2.45, 2.75) is 71.6 Å². The lowest BCUT2D eigenvalue weighted by atomic mass is 9.77. The summed E-state index contributed by atoms with van der Waals surface area (Å²) in [5.74, 6) is 1.01. The van der Waals surface area contributed by atoms with Crippen molar-refractivity contribution in [1.29, 1.82) is 0 Å². The molecular weight excluding hydrogens is 352 g/mol. The summed E-state index contributed by atoms with van der Waals surface area (Å²) in [5.41, 5.74) is 6.44. The van der Waals surface area contributed by atoms with Crippen molar-refractivity contribution in [2.24, 2.45) is 0 Å². The maximum atomic E-state index is 6.29. The van der Waals surface area contributed by atoms with Crippen LogP contribution in [0.25, 0.3) is 11.1 Å². The van der Waals surface area contributed by atoms with Crippen molar-refractivity contribution in [2.75, 3.05) is 6.61 Å². The van der Waals surface area contributed by atoms with Crippen LogP contribution >= 0.6 is 0 Å². The smallest absolute Gasteiger partial charge is 0.123 e. The zero-order valence-electron chi connectivity index (χ0n) is 19.3. The fourth-order valence-corrected chi connectivity index (χ4v) is 3.59. The molecule has 0 aliphatic heterocycles. The predicted molar refractivity (Wildman–Crippen MR) is 128 cm³/mol. The Kier molecular flexibility index (Phi) is 7.52. The van der Waals surface area contributed by atoms with Crippen molar-refractivity contribution >= 4 is 0 Å². The van der Waals surface area contributed by atoms with Gasteiger partial charge >= 0.3 is 0 Å². The lowest BCUT2D eigenvalue weighted by Crippen LogP contribution is -2.18. The Hall–Kier alpha value is -2.28. The van der Waals surface area contributed by atoms with Crippen molar-refractivity contribution in [1.82, 2.24) is 0 Å². The fraction of sp³-hybridized carbons (Fsp3) is 0.429. The molecule has 0 aliphatic rings. The minimum Gasteiger partial charge on any atom is -0.493 e. The molecule has 0 amide bonds. The van der Waals surface area contributed by atoms with Crippen LogP contribution in [0.5, 0.6) is 5.75 Å². The molecule has 0 spiro atoms. The van der Waals surface area contributed by atoms with Crippen LogP contribution in [0.1, 0.15) is 71.1 Å². The van der Waals surface area contributed by atoms with Crippen LogP contribution in [-0.2, 0) is 17.3 Å². The standard InChI is InChI=1S/C28H38O/c1-9-11-12-17-29-26-20-24(27(3,4)5)23(19-25(26)28(6,7)8)22-16-13-15-21(18-22)14-10-2/h9-10,13,15-16,18-20H,1-2,11-12,14,17H2,3-8H3. The summed E-state index contributed by atoms with van der Waals surface area (Å²) < 4.78 is 6.29. The van der Waals surface area contributed by atoms with Crippen molar-refractivity contribution in [3.05, 3.63) is 78.4 Å². The third kappa shape index (κ3) is 6.10. The number of hydrogen-bond donors (Lipinski definition) is 0. The number of unbranched alkanes of at least 4 members (excludes halogenated alkanes) is 1. The Morgan fingerprint density at radius 2 is 1.55 bits per heavy atom. The van der Waals surface area contributed by atoms with E-state index in [0.717, 1.165) is 25.0 Å². The van der Waals surface area contributed by atoms with Gasteiger partial charge in [-0.05, 0) is 64.5 Å². The molecule has 0 aliphatic carbocycles. The highest BCUT2D eigenvalue weighted by Gasteiger charge is 2.26. The summed E-state index contributed by atoms with van der Waals surface area (Å²) in [5, 5.41) is 0. The van der Waals surface area contributed by atoms with Crippen molar-refractivity contribution in [3.8, 4) is 16.9 Å². The Morgan fingerprint density at radius 3 is 2.14 bits per heavy atom. The molecule has 0 bridgehead atoms. The Bertz CT molecular complexity index is 844. The number of ether oxygens (including phenoxy) is 1. The van der Waals surface area contributed by atoms with Crippen LogP contribution in [0.2, 0.25) is 0 Å². The second-order valence-corrected chi connectivity index (χ2v) is 9.87. The Balaban J connectivity index is 2.64. The zero-order chi connectivity index (χ0) is 21.7.